The van der Waals surface area contributed by atoms with Crippen LogP contribution < -0.4 is 9.79 Å². The molecule has 9 nitrogen and oxygen atoms in total. The van der Waals surface area contributed by atoms with Crippen molar-refractivity contribution in [2.75, 3.05) is 5.75 Å². The molecule has 0 aliphatic heterocycles. The minimum atomic E-state index is -0.756. The Hall–Kier alpha value is -3.01. The first kappa shape index (κ1) is 14.6. The first-order chi connectivity index (χ1) is 11.6. The molecule has 3 heterocycles. The van der Waals surface area contributed by atoms with Crippen LogP contribution in [0.5, 0.6) is 5.95 Å². The molecule has 0 unspecified atom stereocenters. The lowest BCUT2D eigenvalue weighted by Gasteiger charge is -1.98. The molecule has 0 spiro atoms. The SMILES string of the molecule is C[n+]1noc([O-])c1C(=O)CSc1nnc2c(n1)[nH]c1ccccc12. The van der Waals surface area contributed by atoms with Crippen molar-refractivity contribution in [3.05, 3.63) is 30.0 Å². The van der Waals surface area contributed by atoms with Crippen LogP contribution in [-0.2, 0) is 7.05 Å². The van der Waals surface area contributed by atoms with Gasteiger partial charge in [-0.1, -0.05) is 34.6 Å². The smallest absolute Gasteiger partial charge is 0.300 e. The zero-order valence-corrected chi connectivity index (χ0v) is 13.2. The number of nitrogens with zero attached hydrogens (tertiary/aromatic N) is 5. The summed E-state index contributed by atoms with van der Waals surface area (Å²) in [5.74, 6) is -1.18. The normalized spacial score (nSPS) is 11.4. The Kier molecular flexibility index (Phi) is 3.38. The molecule has 0 bridgehead atoms. The van der Waals surface area contributed by atoms with Crippen LogP contribution >= 0.6 is 11.8 Å². The minimum Gasteiger partial charge on any atom is -0.539 e. The van der Waals surface area contributed by atoms with Crippen LogP contribution in [0.15, 0.2) is 33.9 Å². The van der Waals surface area contributed by atoms with Gasteiger partial charge in [-0.2, -0.15) is 0 Å². The van der Waals surface area contributed by atoms with Gasteiger partial charge in [0.1, 0.15) is 5.52 Å². The predicted octanol–water partition coefficient (Wildman–Crippen LogP) is 0.367. The number of benzene rings is 1. The molecule has 0 radical (unpaired) electrons. The number of carbonyl (C=O) groups is 1. The summed E-state index contributed by atoms with van der Waals surface area (Å²) < 4.78 is 5.55. The van der Waals surface area contributed by atoms with Crippen molar-refractivity contribution in [3.63, 3.8) is 0 Å². The highest BCUT2D eigenvalue weighted by atomic mass is 32.2. The number of rotatable bonds is 4. The Balaban J connectivity index is 1.59. The first-order valence-corrected chi connectivity index (χ1v) is 7.92. The summed E-state index contributed by atoms with van der Waals surface area (Å²) in [7, 11) is 1.47. The quantitative estimate of drug-likeness (QED) is 0.320. The molecule has 0 saturated heterocycles. The number of Topliss-reactive ketones (excluding diaryl/α,β-unsaturated/α-hetero) is 1. The zero-order valence-electron chi connectivity index (χ0n) is 12.4. The van der Waals surface area contributed by atoms with Crippen molar-refractivity contribution in [2.24, 2.45) is 7.05 Å². The van der Waals surface area contributed by atoms with Gasteiger partial charge >= 0.3 is 0 Å². The van der Waals surface area contributed by atoms with Crippen LogP contribution in [0.25, 0.3) is 22.1 Å². The molecule has 120 valence electrons. The van der Waals surface area contributed by atoms with Gasteiger partial charge in [0.15, 0.2) is 18.6 Å². The van der Waals surface area contributed by atoms with Crippen LogP contribution in [0.4, 0.5) is 0 Å². The molecule has 4 aromatic rings. The molecular weight excluding hydrogens is 332 g/mol. The zero-order chi connectivity index (χ0) is 16.7. The molecule has 10 heteroatoms. The summed E-state index contributed by atoms with van der Waals surface area (Å²) in [6.07, 6.45) is 0. The molecule has 0 aliphatic carbocycles. The molecule has 24 heavy (non-hydrogen) atoms. The van der Waals surface area contributed by atoms with Gasteiger partial charge in [-0.3, -0.25) is 4.79 Å². The van der Waals surface area contributed by atoms with E-state index >= 15 is 0 Å². The highest BCUT2D eigenvalue weighted by Crippen LogP contribution is 2.23. The van der Waals surface area contributed by atoms with E-state index in [1.165, 1.54) is 7.05 Å². The Morgan fingerprint density at radius 3 is 3.00 bits per heavy atom. The monoisotopic (exact) mass is 342 g/mol. The van der Waals surface area contributed by atoms with Crippen LogP contribution in [0.2, 0.25) is 0 Å². The molecule has 0 fully saturated rings. The van der Waals surface area contributed by atoms with E-state index in [4.69, 9.17) is 0 Å². The minimum absolute atomic E-state index is 0.0162. The van der Waals surface area contributed by atoms with Gasteiger partial charge in [-0.25, -0.2) is 4.98 Å². The number of ketones is 1. The van der Waals surface area contributed by atoms with Gasteiger partial charge in [0, 0.05) is 10.9 Å². The van der Waals surface area contributed by atoms with Crippen LogP contribution in [0.3, 0.4) is 0 Å². The number of H-pyrrole nitrogens is 1. The third kappa shape index (κ3) is 2.36. The summed E-state index contributed by atoms with van der Waals surface area (Å²) in [4.78, 5) is 19.6. The van der Waals surface area contributed by atoms with E-state index in [0.29, 0.717) is 16.3 Å². The van der Waals surface area contributed by atoms with Gasteiger partial charge in [0.25, 0.3) is 5.69 Å². The van der Waals surface area contributed by atoms with Crippen molar-refractivity contribution < 1.29 is 19.1 Å². The predicted molar refractivity (Wildman–Crippen MR) is 81.4 cm³/mol. The lowest BCUT2D eigenvalue weighted by Crippen LogP contribution is -2.37. The molecule has 0 atom stereocenters. The van der Waals surface area contributed by atoms with Gasteiger partial charge in [-0.15, -0.1) is 10.2 Å². The molecule has 4 rings (SSSR count). The highest BCUT2D eigenvalue weighted by molar-refractivity contribution is 7.99. The van der Waals surface area contributed by atoms with Gasteiger partial charge < -0.3 is 14.6 Å². The number of aromatic amines is 1. The molecule has 0 saturated carbocycles. The van der Waals surface area contributed by atoms with Gasteiger partial charge in [0.05, 0.1) is 11.0 Å². The van der Waals surface area contributed by atoms with Crippen LogP contribution in [0.1, 0.15) is 10.5 Å². The molecular formula is C14H10N6O3S. The Morgan fingerprint density at radius 2 is 2.21 bits per heavy atom. The number of thioether (sulfide) groups is 1. The molecule has 3 aromatic heterocycles. The number of nitrogens with one attached hydrogen (secondary N) is 1. The Morgan fingerprint density at radius 1 is 1.38 bits per heavy atom. The second-order valence-electron chi connectivity index (χ2n) is 5.01. The third-order valence-corrected chi connectivity index (χ3v) is 4.30. The largest absolute Gasteiger partial charge is 0.539 e. The maximum absolute atomic E-state index is 12.1. The number of aryl methyl sites for hydroxylation is 1. The second kappa shape index (κ2) is 5.57. The number of fused-ring (bicyclic) bond motifs is 3. The van der Waals surface area contributed by atoms with E-state index in [0.717, 1.165) is 27.3 Å². The first-order valence-electron chi connectivity index (χ1n) is 6.93. The number of hydrogen-bond donors (Lipinski definition) is 1. The number of aromatic nitrogens is 6. The van der Waals surface area contributed by atoms with Crippen LogP contribution in [0, 0.1) is 0 Å². The van der Waals surface area contributed by atoms with Crippen molar-refractivity contribution in [2.45, 2.75) is 5.16 Å². The van der Waals surface area contributed by atoms with E-state index in [9.17, 15) is 9.90 Å². The summed E-state index contributed by atoms with van der Waals surface area (Å²) >= 11 is 1.09. The van der Waals surface area contributed by atoms with Gasteiger partial charge in [-0.05, 0) is 6.07 Å². The fourth-order valence-corrected chi connectivity index (χ4v) is 3.03. The third-order valence-electron chi connectivity index (χ3n) is 3.46. The number of para-hydroxylation sites is 1. The van der Waals surface area contributed by atoms with E-state index in [-0.39, 0.29) is 11.4 Å². The van der Waals surface area contributed by atoms with Crippen molar-refractivity contribution in [3.8, 4) is 5.95 Å². The standard InChI is InChI=1S/C14H10N6O3S/c1-20-11(13(22)23-19-20)9(21)6-24-14-16-12-10(17-18-14)7-4-2-3-5-8(7)15-12/h2-5H,6H2,1H3,(H-,15,16,17,18,19,21,22). The van der Waals surface area contributed by atoms with E-state index in [2.05, 4.69) is 30.0 Å². The van der Waals surface area contributed by atoms with Crippen LogP contribution in [-0.4, -0.2) is 37.0 Å². The molecule has 0 amide bonds. The molecule has 1 N–H and O–H groups in total. The van der Waals surface area contributed by atoms with Crippen molar-refractivity contribution >= 4 is 39.6 Å². The van der Waals surface area contributed by atoms with Crippen molar-refractivity contribution in [1.82, 2.24) is 25.4 Å². The lowest BCUT2D eigenvalue weighted by molar-refractivity contribution is -0.741. The van der Waals surface area contributed by atoms with E-state index in [1.807, 2.05) is 24.3 Å². The maximum atomic E-state index is 12.1. The summed E-state index contributed by atoms with van der Waals surface area (Å²) in [6, 6.07) is 7.69. The van der Waals surface area contributed by atoms with Gasteiger partial charge in [0.2, 0.25) is 10.9 Å². The second-order valence-corrected chi connectivity index (χ2v) is 5.95. The average molecular weight is 342 g/mol. The fourth-order valence-electron chi connectivity index (χ4n) is 2.37. The lowest BCUT2D eigenvalue weighted by atomic mass is 10.2. The molecule has 1 aromatic carbocycles. The summed E-state index contributed by atoms with van der Waals surface area (Å²) in [5, 5.41) is 24.3. The average Bonchev–Trinajstić information content (AvgIpc) is 3.12. The summed E-state index contributed by atoms with van der Waals surface area (Å²) in [5.41, 5.74) is 2.08. The molecule has 0 aliphatic rings. The van der Waals surface area contributed by atoms with Crippen molar-refractivity contribution in [1.29, 1.82) is 0 Å². The number of hydrogen-bond acceptors (Lipinski definition) is 8. The topological polar surface area (TPSA) is 124 Å². The fraction of sp³-hybridized carbons (Fsp3) is 0.143. The highest BCUT2D eigenvalue weighted by Gasteiger charge is 2.23. The van der Waals surface area contributed by atoms with E-state index in [1.54, 1.807) is 0 Å². The maximum Gasteiger partial charge on any atom is 0.300 e. The summed E-state index contributed by atoms with van der Waals surface area (Å²) in [6.45, 7) is 0. The Bertz CT molecular complexity index is 1050. The van der Waals surface area contributed by atoms with E-state index < -0.39 is 11.7 Å². The Labute approximate surface area is 138 Å². The number of carbonyl (C=O) groups excluding carboxylic acids is 1.